The van der Waals surface area contributed by atoms with E-state index < -0.39 is 28.9 Å². The van der Waals surface area contributed by atoms with Gasteiger partial charge in [-0.1, -0.05) is 13.8 Å². The van der Waals surface area contributed by atoms with E-state index in [2.05, 4.69) is 9.97 Å². The first kappa shape index (κ1) is 20.4. The Morgan fingerprint density at radius 1 is 1.23 bits per heavy atom. The molecule has 0 atom stereocenters. The molecule has 4 rings (SSSR count). The quantitative estimate of drug-likeness (QED) is 0.568. The summed E-state index contributed by atoms with van der Waals surface area (Å²) in [6.45, 7) is 4.91. The topological polar surface area (TPSA) is 51.0 Å². The summed E-state index contributed by atoms with van der Waals surface area (Å²) >= 11 is 0. The summed E-state index contributed by atoms with van der Waals surface area (Å²) in [5, 5.41) is 0. The van der Waals surface area contributed by atoms with Crippen LogP contribution in [0.15, 0.2) is 30.5 Å². The van der Waals surface area contributed by atoms with Crippen LogP contribution in [0, 0.1) is 29.3 Å². The molecule has 0 radical (unpaired) electrons. The molecule has 3 aromatic rings. The number of imidazole rings is 1. The number of halogens is 3. The fourth-order valence-electron chi connectivity index (χ4n) is 3.61. The normalized spacial score (nSPS) is 13.9. The first-order valence-corrected chi connectivity index (χ1v) is 10.1. The highest BCUT2D eigenvalue weighted by molar-refractivity contribution is 5.94. The SMILES string of the molecule is CC(C)CN(Cc1nc2cccnc2n1CC1CC1)C(=O)c1c(F)cc(F)cc1F. The maximum absolute atomic E-state index is 14.3. The van der Waals surface area contributed by atoms with E-state index in [4.69, 9.17) is 0 Å². The van der Waals surface area contributed by atoms with Crippen LogP contribution < -0.4 is 0 Å². The van der Waals surface area contributed by atoms with Crippen molar-refractivity contribution in [3.05, 3.63) is 59.3 Å². The number of aromatic nitrogens is 3. The number of hydrogen-bond donors (Lipinski definition) is 0. The van der Waals surface area contributed by atoms with Crippen LogP contribution in [0.25, 0.3) is 11.2 Å². The molecule has 0 N–H and O–H groups in total. The van der Waals surface area contributed by atoms with Gasteiger partial charge in [-0.3, -0.25) is 4.79 Å². The Bertz CT molecular complexity index is 1070. The summed E-state index contributed by atoms with van der Waals surface area (Å²) in [5.74, 6) is -3.08. The van der Waals surface area contributed by atoms with Gasteiger partial charge in [0, 0.05) is 31.4 Å². The molecule has 8 heteroatoms. The zero-order chi connectivity index (χ0) is 21.4. The Morgan fingerprint density at radius 2 is 1.93 bits per heavy atom. The number of amides is 1. The van der Waals surface area contributed by atoms with Gasteiger partial charge in [-0.2, -0.15) is 0 Å². The Hall–Kier alpha value is -2.90. The van der Waals surface area contributed by atoms with Crippen molar-refractivity contribution in [3.8, 4) is 0 Å². The second-order valence-electron chi connectivity index (χ2n) is 8.25. The molecule has 1 aliphatic rings. The van der Waals surface area contributed by atoms with Crippen LogP contribution in [0.1, 0.15) is 42.9 Å². The molecule has 0 aliphatic heterocycles. The van der Waals surface area contributed by atoms with Crippen LogP contribution in [-0.2, 0) is 13.1 Å². The zero-order valence-electron chi connectivity index (χ0n) is 16.9. The minimum Gasteiger partial charge on any atom is -0.331 e. The van der Waals surface area contributed by atoms with Gasteiger partial charge in [-0.15, -0.1) is 0 Å². The third-order valence-electron chi connectivity index (χ3n) is 5.15. The summed E-state index contributed by atoms with van der Waals surface area (Å²) in [7, 11) is 0. The molecule has 5 nitrogen and oxygen atoms in total. The molecule has 0 bridgehead atoms. The lowest BCUT2D eigenvalue weighted by atomic mass is 10.1. The predicted molar refractivity (Wildman–Crippen MR) is 106 cm³/mol. The lowest BCUT2D eigenvalue weighted by Crippen LogP contribution is -2.36. The Balaban J connectivity index is 1.71. The van der Waals surface area contributed by atoms with Gasteiger partial charge in [0.05, 0.1) is 6.54 Å². The van der Waals surface area contributed by atoms with Crippen molar-refractivity contribution >= 4 is 17.1 Å². The number of carbonyl (C=O) groups excluding carboxylic acids is 1. The molecule has 158 valence electrons. The number of rotatable bonds is 7. The highest BCUT2D eigenvalue weighted by Gasteiger charge is 2.29. The highest BCUT2D eigenvalue weighted by atomic mass is 19.1. The fraction of sp³-hybridized carbons (Fsp3) is 0.409. The van der Waals surface area contributed by atoms with Crippen molar-refractivity contribution in [3.63, 3.8) is 0 Å². The fourth-order valence-corrected chi connectivity index (χ4v) is 3.61. The van der Waals surface area contributed by atoms with Gasteiger partial charge in [0.2, 0.25) is 0 Å². The lowest BCUT2D eigenvalue weighted by Gasteiger charge is -2.25. The third kappa shape index (κ3) is 4.17. The van der Waals surface area contributed by atoms with Gasteiger partial charge in [0.15, 0.2) is 5.65 Å². The maximum Gasteiger partial charge on any atom is 0.260 e. The molecule has 2 aromatic heterocycles. The molecule has 2 heterocycles. The van der Waals surface area contributed by atoms with E-state index in [0.717, 1.165) is 25.0 Å². The smallest absolute Gasteiger partial charge is 0.260 e. The van der Waals surface area contributed by atoms with E-state index >= 15 is 0 Å². The Labute approximate surface area is 172 Å². The van der Waals surface area contributed by atoms with Crippen molar-refractivity contribution in [2.24, 2.45) is 11.8 Å². The van der Waals surface area contributed by atoms with Crippen molar-refractivity contribution in [2.75, 3.05) is 6.54 Å². The average molecular weight is 416 g/mol. The second-order valence-corrected chi connectivity index (χ2v) is 8.25. The molecule has 0 saturated heterocycles. The minimum atomic E-state index is -1.21. The molecule has 1 saturated carbocycles. The van der Waals surface area contributed by atoms with Gasteiger partial charge in [-0.25, -0.2) is 23.1 Å². The number of nitrogens with zero attached hydrogens (tertiary/aromatic N) is 4. The van der Waals surface area contributed by atoms with Gasteiger partial charge in [0.1, 0.15) is 34.4 Å². The van der Waals surface area contributed by atoms with Crippen molar-refractivity contribution in [1.82, 2.24) is 19.4 Å². The van der Waals surface area contributed by atoms with Crippen LogP contribution in [0.5, 0.6) is 0 Å². The first-order chi connectivity index (χ1) is 14.3. The zero-order valence-corrected chi connectivity index (χ0v) is 16.9. The van der Waals surface area contributed by atoms with E-state index in [9.17, 15) is 18.0 Å². The van der Waals surface area contributed by atoms with Crippen LogP contribution in [0.4, 0.5) is 13.2 Å². The molecule has 30 heavy (non-hydrogen) atoms. The third-order valence-corrected chi connectivity index (χ3v) is 5.15. The van der Waals surface area contributed by atoms with Crippen LogP contribution in [0.3, 0.4) is 0 Å². The molecule has 0 spiro atoms. The minimum absolute atomic E-state index is 0.0555. The Kier molecular flexibility index (Phi) is 5.49. The van der Waals surface area contributed by atoms with Crippen molar-refractivity contribution in [1.29, 1.82) is 0 Å². The van der Waals surface area contributed by atoms with E-state index in [0.29, 0.717) is 29.4 Å². The maximum atomic E-state index is 14.3. The number of fused-ring (bicyclic) bond motifs is 1. The number of hydrogen-bond acceptors (Lipinski definition) is 3. The molecule has 1 aliphatic carbocycles. The molecule has 0 unspecified atom stereocenters. The molecule has 1 amide bonds. The van der Waals surface area contributed by atoms with E-state index in [1.165, 1.54) is 4.90 Å². The number of pyridine rings is 1. The summed E-state index contributed by atoms with van der Waals surface area (Å²) < 4.78 is 43.8. The van der Waals surface area contributed by atoms with Gasteiger partial charge in [-0.05, 0) is 36.8 Å². The second kappa shape index (κ2) is 8.08. The standard InChI is InChI=1S/C22H23F3N4O/c1-13(2)10-28(22(30)20-16(24)8-15(23)9-17(20)25)12-19-27-18-4-3-7-26-21(18)29(19)11-14-5-6-14/h3-4,7-9,13-14H,5-6,10-12H2,1-2H3. The lowest BCUT2D eigenvalue weighted by molar-refractivity contribution is 0.0706. The van der Waals surface area contributed by atoms with E-state index in [1.807, 2.05) is 24.5 Å². The Morgan fingerprint density at radius 3 is 2.57 bits per heavy atom. The van der Waals surface area contributed by atoms with Crippen molar-refractivity contribution in [2.45, 2.75) is 39.8 Å². The molecule has 1 fully saturated rings. The monoisotopic (exact) mass is 416 g/mol. The summed E-state index contributed by atoms with van der Waals surface area (Å²) in [5.41, 5.74) is 0.694. The van der Waals surface area contributed by atoms with Gasteiger partial charge in [0.25, 0.3) is 5.91 Å². The predicted octanol–water partition coefficient (Wildman–Crippen LogP) is 4.56. The van der Waals surface area contributed by atoms with Gasteiger partial charge >= 0.3 is 0 Å². The molecular weight excluding hydrogens is 393 g/mol. The van der Waals surface area contributed by atoms with Crippen LogP contribution in [0.2, 0.25) is 0 Å². The first-order valence-electron chi connectivity index (χ1n) is 10.1. The number of benzene rings is 1. The van der Waals surface area contributed by atoms with E-state index in [1.54, 1.807) is 12.3 Å². The summed E-state index contributed by atoms with van der Waals surface area (Å²) in [4.78, 5) is 23.5. The number of carbonyl (C=O) groups is 1. The highest BCUT2D eigenvalue weighted by Crippen LogP contribution is 2.32. The summed E-state index contributed by atoms with van der Waals surface area (Å²) in [6, 6.07) is 4.69. The molecular formula is C22H23F3N4O. The van der Waals surface area contributed by atoms with Crippen LogP contribution >= 0.6 is 0 Å². The average Bonchev–Trinajstić information content (AvgIpc) is 3.42. The van der Waals surface area contributed by atoms with E-state index in [-0.39, 0.29) is 19.0 Å². The van der Waals surface area contributed by atoms with Crippen LogP contribution in [-0.4, -0.2) is 31.9 Å². The van der Waals surface area contributed by atoms with Gasteiger partial charge < -0.3 is 9.47 Å². The largest absolute Gasteiger partial charge is 0.331 e. The van der Waals surface area contributed by atoms with Crippen molar-refractivity contribution < 1.29 is 18.0 Å². The molecule has 1 aromatic carbocycles. The summed E-state index contributed by atoms with van der Waals surface area (Å²) in [6.07, 6.45) is 3.96.